The first-order chi connectivity index (χ1) is 23.3. The van der Waals surface area contributed by atoms with Crippen LogP contribution >= 0.6 is 0 Å². The number of piperidine rings is 1. The Hall–Kier alpha value is -3.87. The highest BCUT2D eigenvalue weighted by Gasteiger charge is 2.53. The van der Waals surface area contributed by atoms with E-state index in [1.54, 1.807) is 25.7 Å². The number of alkyl carbamates (subject to hydrolysis) is 2. The minimum Gasteiger partial charge on any atom is -0.445 e. The fraction of sp³-hybridized carbons (Fsp3) is 0.694. The monoisotopic (exact) mass is 685 g/mol. The van der Waals surface area contributed by atoms with Crippen molar-refractivity contribution < 1.29 is 38.6 Å². The molecule has 5 amide bonds. The summed E-state index contributed by atoms with van der Waals surface area (Å²) in [6.07, 6.45) is 6.24. The molecule has 0 aromatic heterocycles. The first kappa shape index (κ1) is 37.9. The molecular weight excluding hydrogens is 630 g/mol. The predicted molar refractivity (Wildman–Crippen MR) is 182 cm³/mol. The van der Waals surface area contributed by atoms with Crippen LogP contribution in [0.3, 0.4) is 0 Å². The molecular formula is C36H55N5O8. The molecule has 3 fully saturated rings. The van der Waals surface area contributed by atoms with Gasteiger partial charge in [0, 0.05) is 12.6 Å². The highest BCUT2D eigenvalue weighted by molar-refractivity contribution is 5.93. The number of fused-ring (bicyclic) bond motifs is 2. The van der Waals surface area contributed by atoms with Gasteiger partial charge < -0.3 is 41.2 Å². The summed E-state index contributed by atoms with van der Waals surface area (Å²) in [5.41, 5.74) is 5.57. The third kappa shape index (κ3) is 11.3. The number of hydrogen-bond donors (Lipinski definition) is 5. The molecule has 1 aromatic carbocycles. The lowest BCUT2D eigenvalue weighted by atomic mass is 9.84. The van der Waals surface area contributed by atoms with Crippen molar-refractivity contribution in [2.24, 2.45) is 17.6 Å². The maximum atomic E-state index is 14.3. The minimum atomic E-state index is -1.64. The average molecular weight is 686 g/mol. The first-order valence-electron chi connectivity index (χ1n) is 17.9. The Morgan fingerprint density at radius 3 is 2.35 bits per heavy atom. The molecule has 1 aliphatic heterocycles. The van der Waals surface area contributed by atoms with E-state index in [4.69, 9.17) is 15.2 Å². The number of amides is 5. The van der Waals surface area contributed by atoms with Crippen molar-refractivity contribution in [3.8, 4) is 0 Å². The van der Waals surface area contributed by atoms with Crippen molar-refractivity contribution >= 4 is 29.9 Å². The molecule has 6 atom stereocenters. The standard InChI is InChI=1S/C36H55N5O8/c1-36(2,3)49-35(47)40-28(20-23-12-6-4-7-13-23)33(45)41-26-18-17-25(21-26)29(41)32(44)39-27(30(42)31(37)43)16-10-11-19-38-34(46)48-22-24-14-8-5-9-15-24/h5,8-9,14-15,23,25-30,42H,4,6-7,10-13,16-22H2,1-3H3,(H2,37,43)(H,38,46)(H,39,44)(H,40,47)/t25?,26?,27?,28-,29+,30?/m1/s1. The lowest BCUT2D eigenvalue weighted by molar-refractivity contribution is -0.145. The van der Waals surface area contributed by atoms with E-state index < -0.39 is 53.8 Å². The highest BCUT2D eigenvalue weighted by atomic mass is 16.6. The molecule has 6 N–H and O–H groups in total. The van der Waals surface area contributed by atoms with E-state index in [1.807, 2.05) is 30.3 Å². The van der Waals surface area contributed by atoms with Crippen LogP contribution in [0.15, 0.2) is 30.3 Å². The fourth-order valence-corrected chi connectivity index (χ4v) is 7.48. The van der Waals surface area contributed by atoms with Crippen molar-refractivity contribution in [1.82, 2.24) is 20.9 Å². The number of likely N-dealkylation sites (tertiary alicyclic amines) is 1. The molecule has 2 bridgehead atoms. The van der Waals surface area contributed by atoms with Crippen molar-refractivity contribution in [1.29, 1.82) is 0 Å². The van der Waals surface area contributed by atoms with Crippen LogP contribution in [0.1, 0.15) is 103 Å². The summed E-state index contributed by atoms with van der Waals surface area (Å²) in [6.45, 7) is 5.73. The number of aliphatic hydroxyl groups is 1. The van der Waals surface area contributed by atoms with Crippen LogP contribution in [0.25, 0.3) is 0 Å². The zero-order chi connectivity index (χ0) is 35.6. The molecule has 13 heteroatoms. The molecule has 49 heavy (non-hydrogen) atoms. The number of nitrogens with one attached hydrogen (secondary N) is 3. The van der Waals surface area contributed by atoms with Gasteiger partial charge in [-0.3, -0.25) is 14.4 Å². The number of benzene rings is 1. The van der Waals surface area contributed by atoms with Gasteiger partial charge in [-0.2, -0.15) is 0 Å². The molecule has 4 unspecified atom stereocenters. The van der Waals surface area contributed by atoms with Gasteiger partial charge in [-0.05, 0) is 83.1 Å². The summed E-state index contributed by atoms with van der Waals surface area (Å²) < 4.78 is 10.7. The number of nitrogens with two attached hydrogens (primary N) is 1. The predicted octanol–water partition coefficient (Wildman–Crippen LogP) is 3.66. The normalized spacial score (nSPS) is 22.4. The summed E-state index contributed by atoms with van der Waals surface area (Å²) >= 11 is 0. The van der Waals surface area contributed by atoms with Crippen LogP contribution in [0, 0.1) is 11.8 Å². The summed E-state index contributed by atoms with van der Waals surface area (Å²) in [7, 11) is 0. The van der Waals surface area contributed by atoms with Crippen LogP contribution < -0.4 is 21.7 Å². The van der Waals surface area contributed by atoms with E-state index in [9.17, 15) is 29.1 Å². The van der Waals surface area contributed by atoms with Crippen LogP contribution in [0.4, 0.5) is 9.59 Å². The molecule has 4 rings (SSSR count). The number of carbonyl (C=O) groups is 5. The minimum absolute atomic E-state index is 0.0803. The van der Waals surface area contributed by atoms with Crippen LogP contribution in [-0.2, 0) is 30.5 Å². The molecule has 2 aliphatic carbocycles. The van der Waals surface area contributed by atoms with Gasteiger partial charge in [0.1, 0.15) is 24.3 Å². The van der Waals surface area contributed by atoms with Crippen LogP contribution in [-0.4, -0.2) is 82.3 Å². The maximum Gasteiger partial charge on any atom is 0.408 e. The molecule has 2 saturated carbocycles. The molecule has 0 radical (unpaired) electrons. The zero-order valence-electron chi connectivity index (χ0n) is 29.2. The number of unbranched alkanes of at least 4 members (excludes halogenated alkanes) is 1. The van der Waals surface area contributed by atoms with Crippen molar-refractivity contribution in [2.45, 2.75) is 140 Å². The number of hydrogen-bond acceptors (Lipinski definition) is 8. The van der Waals surface area contributed by atoms with Crippen LogP contribution in [0.2, 0.25) is 0 Å². The number of nitrogens with zero attached hydrogens (tertiary/aromatic N) is 1. The zero-order valence-corrected chi connectivity index (χ0v) is 29.2. The van der Waals surface area contributed by atoms with E-state index >= 15 is 0 Å². The Bertz CT molecular complexity index is 1280. The van der Waals surface area contributed by atoms with Crippen molar-refractivity contribution in [3.63, 3.8) is 0 Å². The van der Waals surface area contributed by atoms with E-state index in [1.165, 1.54) is 0 Å². The topological polar surface area (TPSA) is 189 Å². The number of aliphatic hydroxyl groups excluding tert-OH is 1. The van der Waals surface area contributed by atoms with E-state index in [2.05, 4.69) is 16.0 Å². The quantitative estimate of drug-likeness (QED) is 0.173. The third-order valence-electron chi connectivity index (χ3n) is 9.82. The first-order valence-corrected chi connectivity index (χ1v) is 17.9. The molecule has 1 aromatic rings. The molecule has 0 spiro atoms. The largest absolute Gasteiger partial charge is 0.445 e. The van der Waals surface area contributed by atoms with Gasteiger partial charge in [-0.15, -0.1) is 0 Å². The van der Waals surface area contributed by atoms with E-state index in [-0.39, 0.29) is 36.8 Å². The van der Waals surface area contributed by atoms with Gasteiger partial charge in [-0.1, -0.05) is 62.4 Å². The number of rotatable bonds is 15. The lowest BCUT2D eigenvalue weighted by Crippen LogP contribution is -2.60. The summed E-state index contributed by atoms with van der Waals surface area (Å²) in [5, 5.41) is 19.0. The molecule has 13 nitrogen and oxygen atoms in total. The second-order valence-electron chi connectivity index (χ2n) is 14.8. The molecule has 1 heterocycles. The van der Waals surface area contributed by atoms with Crippen molar-refractivity contribution in [3.05, 3.63) is 35.9 Å². The summed E-state index contributed by atoms with van der Waals surface area (Å²) in [4.78, 5) is 66.8. The van der Waals surface area contributed by atoms with Gasteiger partial charge >= 0.3 is 12.2 Å². The number of carbonyl (C=O) groups excluding carboxylic acids is 5. The SMILES string of the molecule is CC(C)(C)OC(=O)N[C@H](CC1CCCCC1)C(=O)N1C2CCC(C2)[C@H]1C(=O)NC(CCCCNC(=O)OCc1ccccc1)C(O)C(N)=O. The van der Waals surface area contributed by atoms with Gasteiger partial charge in [0.25, 0.3) is 0 Å². The van der Waals surface area contributed by atoms with Gasteiger partial charge in [0.05, 0.1) is 6.04 Å². The number of primary amides is 1. The second kappa shape index (κ2) is 17.7. The lowest BCUT2D eigenvalue weighted by Gasteiger charge is -2.38. The van der Waals surface area contributed by atoms with Gasteiger partial charge in [0.15, 0.2) is 6.10 Å². The van der Waals surface area contributed by atoms with E-state index in [0.717, 1.165) is 50.5 Å². The number of ether oxygens (including phenoxy) is 2. The summed E-state index contributed by atoms with van der Waals surface area (Å²) in [6, 6.07) is 6.54. The molecule has 3 aliphatic rings. The Kier molecular flexibility index (Phi) is 13.7. The van der Waals surface area contributed by atoms with E-state index in [0.29, 0.717) is 32.2 Å². The third-order valence-corrected chi connectivity index (χ3v) is 9.82. The van der Waals surface area contributed by atoms with Crippen molar-refractivity contribution in [2.75, 3.05) is 6.54 Å². The smallest absolute Gasteiger partial charge is 0.408 e. The summed E-state index contributed by atoms with van der Waals surface area (Å²) in [5.74, 6) is -1.53. The average Bonchev–Trinajstić information content (AvgIpc) is 3.68. The van der Waals surface area contributed by atoms with Gasteiger partial charge in [-0.25, -0.2) is 9.59 Å². The Balaban J connectivity index is 1.37. The molecule has 1 saturated heterocycles. The second-order valence-corrected chi connectivity index (χ2v) is 14.8. The Labute approximate surface area is 289 Å². The van der Waals surface area contributed by atoms with Crippen LogP contribution in [0.5, 0.6) is 0 Å². The fourth-order valence-electron chi connectivity index (χ4n) is 7.48. The Morgan fingerprint density at radius 1 is 0.959 bits per heavy atom. The molecule has 272 valence electrons. The van der Waals surface area contributed by atoms with Gasteiger partial charge in [0.2, 0.25) is 17.7 Å². The maximum absolute atomic E-state index is 14.3. The Morgan fingerprint density at radius 2 is 1.67 bits per heavy atom. The highest BCUT2D eigenvalue weighted by Crippen LogP contribution is 2.43.